The number of nitrogens with one attached hydrogen (secondary N) is 2. The second kappa shape index (κ2) is 2.80. The number of aromatic nitrogens is 1. The van der Waals surface area contributed by atoms with Crippen LogP contribution in [0.5, 0.6) is 0 Å². The molecule has 0 aliphatic carbocycles. The van der Waals surface area contributed by atoms with Crippen LogP contribution >= 0.6 is 12.2 Å². The zero-order valence-electron chi connectivity index (χ0n) is 5.10. The highest BCUT2D eigenvalue weighted by atomic mass is 32.1. The van der Waals surface area contributed by atoms with Gasteiger partial charge in [0.15, 0.2) is 0 Å². The van der Waals surface area contributed by atoms with Crippen LogP contribution in [-0.4, -0.2) is 12.2 Å². The van der Waals surface area contributed by atoms with Gasteiger partial charge in [-0.05, 0) is 7.05 Å². The third-order valence-corrected chi connectivity index (χ3v) is 1.13. The monoisotopic (exact) mass is 144 g/mol. The summed E-state index contributed by atoms with van der Waals surface area (Å²) in [7, 11) is 1.85. The smallest absolute Gasteiger partial charge is 0.148 e. The maximum atomic E-state index is 4.91. The summed E-state index contributed by atoms with van der Waals surface area (Å²) in [5.41, 5.74) is 0. The van der Waals surface area contributed by atoms with Crippen LogP contribution in [0.25, 0.3) is 0 Å². The van der Waals surface area contributed by atoms with Gasteiger partial charge in [-0.2, -0.15) is 0 Å². The first-order valence-electron chi connectivity index (χ1n) is 2.65. The molecule has 0 saturated carbocycles. The fourth-order valence-electron chi connectivity index (χ4n) is 0.582. The van der Waals surface area contributed by atoms with Crippen LogP contribution in [0.3, 0.4) is 0 Å². The van der Waals surface area contributed by atoms with Crippen LogP contribution in [0.2, 0.25) is 0 Å². The molecule has 1 heterocycles. The zero-order chi connectivity index (χ0) is 6.69. The summed E-state index contributed by atoms with van der Waals surface area (Å²) in [5, 5.41) is 5.49. The third-order valence-electron chi connectivity index (χ3n) is 0.926. The summed E-state index contributed by atoms with van der Waals surface area (Å²) in [6, 6.07) is 1.78. The Morgan fingerprint density at radius 3 is 3.11 bits per heavy atom. The fourth-order valence-corrected chi connectivity index (χ4v) is 0.755. The first-order valence-corrected chi connectivity index (χ1v) is 3.06. The van der Waals surface area contributed by atoms with Crippen LogP contribution in [0.4, 0.5) is 0 Å². The molecule has 9 heavy (non-hydrogen) atoms. The van der Waals surface area contributed by atoms with Crippen LogP contribution < -0.4 is 5.32 Å². The van der Waals surface area contributed by atoms with Gasteiger partial charge in [0.25, 0.3) is 0 Å². The molecule has 2 N–H and O–H groups in total. The van der Waals surface area contributed by atoms with Gasteiger partial charge in [0.05, 0.1) is 6.54 Å². The number of H-pyrrole nitrogens is 1. The summed E-state index contributed by atoms with van der Waals surface area (Å²) in [6.45, 7) is 0.715. The van der Waals surface area contributed by atoms with Gasteiger partial charge in [0.1, 0.15) is 10.4 Å². The lowest BCUT2D eigenvalue weighted by atomic mass is 10.5. The van der Waals surface area contributed by atoms with Gasteiger partial charge in [0.2, 0.25) is 0 Å². The highest BCUT2D eigenvalue weighted by Crippen LogP contribution is 1.96. The zero-order valence-corrected chi connectivity index (χ0v) is 5.92. The predicted molar refractivity (Wildman–Crippen MR) is 36.7 cm³/mol. The second-order valence-corrected chi connectivity index (χ2v) is 2.15. The molecule has 1 aromatic rings. The van der Waals surface area contributed by atoms with Crippen molar-refractivity contribution in [3.63, 3.8) is 0 Å². The largest absolute Gasteiger partial charge is 0.384 e. The molecule has 50 valence electrons. The molecule has 3 nitrogen and oxygen atoms in total. The molecule has 1 aromatic heterocycles. The Morgan fingerprint density at radius 2 is 2.67 bits per heavy atom. The van der Waals surface area contributed by atoms with Crippen LogP contribution in [0, 0.1) is 4.64 Å². The van der Waals surface area contributed by atoms with Gasteiger partial charge >= 0.3 is 0 Å². The molecule has 0 atom stereocenters. The maximum absolute atomic E-state index is 4.91. The lowest BCUT2D eigenvalue weighted by Gasteiger charge is -1.87. The predicted octanol–water partition coefficient (Wildman–Crippen LogP) is 1.06. The van der Waals surface area contributed by atoms with Crippen molar-refractivity contribution in [3.05, 3.63) is 16.5 Å². The van der Waals surface area contributed by atoms with Gasteiger partial charge in [-0.15, -0.1) is 0 Å². The highest BCUT2D eigenvalue weighted by Gasteiger charge is 1.92. The van der Waals surface area contributed by atoms with Crippen molar-refractivity contribution < 1.29 is 4.52 Å². The minimum absolute atomic E-state index is 0.639. The second-order valence-electron chi connectivity index (χ2n) is 1.71. The van der Waals surface area contributed by atoms with E-state index in [4.69, 9.17) is 16.7 Å². The van der Waals surface area contributed by atoms with E-state index in [1.807, 2.05) is 7.05 Å². The summed E-state index contributed by atoms with van der Waals surface area (Å²) < 4.78 is 5.55. The average Bonchev–Trinajstić information content (AvgIpc) is 2.17. The number of hydrogen-bond donors (Lipinski definition) is 2. The number of rotatable bonds is 2. The summed E-state index contributed by atoms with van der Waals surface area (Å²) in [4.78, 5) is 0. The van der Waals surface area contributed by atoms with Crippen LogP contribution in [0.1, 0.15) is 5.76 Å². The molecule has 4 heteroatoms. The van der Waals surface area contributed by atoms with E-state index in [-0.39, 0.29) is 0 Å². The Hall–Kier alpha value is -0.610. The minimum Gasteiger partial charge on any atom is -0.384 e. The van der Waals surface area contributed by atoms with E-state index in [2.05, 4.69) is 10.5 Å². The van der Waals surface area contributed by atoms with E-state index in [0.29, 0.717) is 11.2 Å². The van der Waals surface area contributed by atoms with Crippen molar-refractivity contribution in [1.29, 1.82) is 0 Å². The van der Waals surface area contributed by atoms with Gasteiger partial charge in [-0.25, -0.2) is 5.16 Å². The summed E-state index contributed by atoms with van der Waals surface area (Å²) >= 11 is 4.77. The Balaban J connectivity index is 2.73. The molecule has 0 spiro atoms. The molecular formula is C5H8N2OS. The normalized spacial score (nSPS) is 9.89. The van der Waals surface area contributed by atoms with E-state index in [1.165, 1.54) is 0 Å². The van der Waals surface area contributed by atoms with Gasteiger partial charge in [-0.3, -0.25) is 0 Å². The molecule has 0 unspecified atom stereocenters. The number of aromatic amines is 1. The Morgan fingerprint density at radius 1 is 1.89 bits per heavy atom. The lowest BCUT2D eigenvalue weighted by Crippen LogP contribution is -2.03. The average molecular weight is 144 g/mol. The number of hydrogen-bond acceptors (Lipinski definition) is 3. The third kappa shape index (κ3) is 1.65. The minimum atomic E-state index is 0.639. The topological polar surface area (TPSA) is 41.0 Å². The molecule has 0 aliphatic rings. The van der Waals surface area contributed by atoms with Crippen molar-refractivity contribution in [2.45, 2.75) is 6.54 Å². The van der Waals surface area contributed by atoms with Crippen LogP contribution in [0.15, 0.2) is 10.6 Å². The van der Waals surface area contributed by atoms with E-state index >= 15 is 0 Å². The standard InChI is InChI=1S/C5H8N2OS/c1-6-3-4-2-5(9)7-8-4/h2,6H,3H2,1H3,(H,7,9). The Labute approximate surface area is 58.0 Å². The lowest BCUT2D eigenvalue weighted by molar-refractivity contribution is 0.375. The van der Waals surface area contributed by atoms with Gasteiger partial charge in [-0.1, -0.05) is 12.2 Å². The van der Waals surface area contributed by atoms with Gasteiger partial charge in [0, 0.05) is 6.07 Å². The van der Waals surface area contributed by atoms with E-state index in [9.17, 15) is 0 Å². The molecule has 0 fully saturated rings. The van der Waals surface area contributed by atoms with Crippen molar-refractivity contribution >= 4 is 12.2 Å². The summed E-state index contributed by atoms with van der Waals surface area (Å²) in [6.07, 6.45) is 0. The Kier molecular flexibility index (Phi) is 2.02. The van der Waals surface area contributed by atoms with E-state index in [0.717, 1.165) is 5.76 Å². The van der Waals surface area contributed by atoms with Crippen molar-refractivity contribution in [2.75, 3.05) is 7.05 Å². The molecule has 0 bridgehead atoms. The fraction of sp³-hybridized carbons (Fsp3) is 0.400. The quantitative estimate of drug-likeness (QED) is 0.610. The molecule has 0 aromatic carbocycles. The SMILES string of the molecule is CNCc1cc(=S)[nH]o1. The Bertz CT molecular complexity index is 227. The van der Waals surface area contributed by atoms with Crippen LogP contribution in [-0.2, 0) is 6.54 Å². The van der Waals surface area contributed by atoms with Gasteiger partial charge < -0.3 is 9.84 Å². The molecular weight excluding hydrogens is 136 g/mol. The summed E-state index contributed by atoms with van der Waals surface area (Å²) in [5.74, 6) is 0.836. The molecule has 0 saturated heterocycles. The molecule has 0 radical (unpaired) electrons. The van der Waals surface area contributed by atoms with E-state index in [1.54, 1.807) is 6.07 Å². The maximum Gasteiger partial charge on any atom is 0.148 e. The highest BCUT2D eigenvalue weighted by molar-refractivity contribution is 7.71. The van der Waals surface area contributed by atoms with Crippen molar-refractivity contribution in [3.8, 4) is 0 Å². The molecule has 0 amide bonds. The first-order chi connectivity index (χ1) is 4.33. The first kappa shape index (κ1) is 6.51. The molecule has 0 aliphatic heterocycles. The van der Waals surface area contributed by atoms with E-state index < -0.39 is 0 Å². The van der Waals surface area contributed by atoms with Crippen molar-refractivity contribution in [1.82, 2.24) is 10.5 Å². The van der Waals surface area contributed by atoms with Crippen molar-refractivity contribution in [2.24, 2.45) is 0 Å². The molecule has 1 rings (SSSR count).